The molecule has 1 aromatic carbocycles. The summed E-state index contributed by atoms with van der Waals surface area (Å²) in [4.78, 5) is 13.4. The van der Waals surface area contributed by atoms with Gasteiger partial charge in [0.15, 0.2) is 0 Å². The van der Waals surface area contributed by atoms with Gasteiger partial charge in [-0.25, -0.2) is 0 Å². The highest BCUT2D eigenvalue weighted by atomic mass is 16.6. The fourth-order valence-corrected chi connectivity index (χ4v) is 2.91. The number of benzene rings is 1. The van der Waals surface area contributed by atoms with Crippen molar-refractivity contribution in [3.8, 4) is 0 Å². The van der Waals surface area contributed by atoms with E-state index < -0.39 is 0 Å². The predicted octanol–water partition coefficient (Wildman–Crippen LogP) is 3.58. The zero-order valence-electron chi connectivity index (χ0n) is 13.1. The highest BCUT2D eigenvalue weighted by molar-refractivity contribution is 5.63. The van der Waals surface area contributed by atoms with E-state index in [1.54, 1.807) is 6.07 Å². The van der Waals surface area contributed by atoms with E-state index >= 15 is 0 Å². The molecule has 0 aromatic heterocycles. The number of rotatable bonds is 4. The van der Waals surface area contributed by atoms with Crippen molar-refractivity contribution in [3.63, 3.8) is 0 Å². The fourth-order valence-electron chi connectivity index (χ4n) is 2.91. The summed E-state index contributed by atoms with van der Waals surface area (Å²) in [6.45, 7) is 8.49. The van der Waals surface area contributed by atoms with Crippen molar-refractivity contribution in [1.82, 2.24) is 4.90 Å². The van der Waals surface area contributed by atoms with Crippen LogP contribution in [0.25, 0.3) is 0 Å². The Bertz CT molecular complexity index is 502. The van der Waals surface area contributed by atoms with Crippen LogP contribution in [-0.2, 0) is 0 Å². The van der Waals surface area contributed by atoms with Crippen molar-refractivity contribution in [3.05, 3.63) is 33.9 Å². The van der Waals surface area contributed by atoms with Gasteiger partial charge < -0.3 is 10.2 Å². The number of nitro groups is 1. The van der Waals surface area contributed by atoms with Crippen LogP contribution in [0.3, 0.4) is 0 Å². The molecule has 1 heterocycles. The molecule has 1 aromatic rings. The van der Waals surface area contributed by atoms with Gasteiger partial charge in [0, 0.05) is 24.7 Å². The predicted molar refractivity (Wildman–Crippen MR) is 85.8 cm³/mol. The standard InChI is InChI=1S/C16H25N3O2/c1-12(2)18-9-4-5-14(8-10-18)17-15-7-6-13(3)11-16(15)19(20)21/h6-7,11-12,14,17H,4-5,8-10H2,1-3H3. The molecule has 1 N–H and O–H groups in total. The van der Waals surface area contributed by atoms with E-state index in [-0.39, 0.29) is 10.6 Å². The quantitative estimate of drug-likeness (QED) is 0.680. The van der Waals surface area contributed by atoms with Gasteiger partial charge in [-0.1, -0.05) is 6.07 Å². The first kappa shape index (κ1) is 15.8. The van der Waals surface area contributed by atoms with Gasteiger partial charge in [0.1, 0.15) is 5.69 Å². The topological polar surface area (TPSA) is 58.4 Å². The van der Waals surface area contributed by atoms with E-state index in [0.717, 1.165) is 37.9 Å². The van der Waals surface area contributed by atoms with E-state index in [1.807, 2.05) is 19.1 Å². The van der Waals surface area contributed by atoms with Crippen molar-refractivity contribution >= 4 is 11.4 Å². The number of likely N-dealkylation sites (tertiary alicyclic amines) is 1. The summed E-state index contributed by atoms with van der Waals surface area (Å²) in [7, 11) is 0. The van der Waals surface area contributed by atoms with Gasteiger partial charge in [0.2, 0.25) is 0 Å². The average Bonchev–Trinajstić information content (AvgIpc) is 2.66. The Kier molecular flexibility index (Phi) is 5.17. The van der Waals surface area contributed by atoms with Crippen molar-refractivity contribution in [2.24, 2.45) is 0 Å². The highest BCUT2D eigenvalue weighted by Gasteiger charge is 2.21. The molecule has 0 radical (unpaired) electrons. The van der Waals surface area contributed by atoms with Gasteiger partial charge in [-0.05, 0) is 58.2 Å². The Hall–Kier alpha value is -1.62. The number of nitrogens with zero attached hydrogens (tertiary/aromatic N) is 2. The molecule has 1 aliphatic rings. The number of anilines is 1. The van der Waals surface area contributed by atoms with Crippen molar-refractivity contribution in [1.29, 1.82) is 0 Å². The van der Waals surface area contributed by atoms with Gasteiger partial charge >= 0.3 is 0 Å². The summed E-state index contributed by atoms with van der Waals surface area (Å²) in [5, 5.41) is 14.6. The molecule has 0 aliphatic carbocycles. The largest absolute Gasteiger partial charge is 0.377 e. The van der Waals surface area contributed by atoms with Crippen LogP contribution >= 0.6 is 0 Å². The second-order valence-electron chi connectivity index (χ2n) is 6.18. The first-order valence-corrected chi connectivity index (χ1v) is 7.73. The normalized spacial score (nSPS) is 20.3. The molecule has 0 spiro atoms. The van der Waals surface area contributed by atoms with Crippen molar-refractivity contribution in [2.75, 3.05) is 18.4 Å². The van der Waals surface area contributed by atoms with Gasteiger partial charge in [-0.3, -0.25) is 10.1 Å². The zero-order chi connectivity index (χ0) is 15.4. The average molecular weight is 291 g/mol. The smallest absolute Gasteiger partial charge is 0.292 e. The second-order valence-corrected chi connectivity index (χ2v) is 6.18. The summed E-state index contributed by atoms with van der Waals surface area (Å²) >= 11 is 0. The molecule has 5 heteroatoms. The Balaban J connectivity index is 2.06. The second kappa shape index (κ2) is 6.89. The van der Waals surface area contributed by atoms with E-state index in [2.05, 4.69) is 24.1 Å². The molecule has 0 bridgehead atoms. The van der Waals surface area contributed by atoms with Crippen molar-refractivity contribution in [2.45, 2.75) is 52.1 Å². The molecule has 1 unspecified atom stereocenters. The SMILES string of the molecule is Cc1ccc(NC2CCCN(C(C)C)CC2)c([N+](=O)[O-])c1. The van der Waals surface area contributed by atoms with E-state index in [0.29, 0.717) is 17.8 Å². The van der Waals surface area contributed by atoms with Crippen LogP contribution in [0.1, 0.15) is 38.7 Å². The lowest BCUT2D eigenvalue weighted by atomic mass is 10.1. The van der Waals surface area contributed by atoms with Crippen molar-refractivity contribution < 1.29 is 4.92 Å². The maximum Gasteiger partial charge on any atom is 0.292 e. The van der Waals surface area contributed by atoms with Gasteiger partial charge in [-0.15, -0.1) is 0 Å². The van der Waals surface area contributed by atoms with E-state index in [4.69, 9.17) is 0 Å². The molecule has 1 atom stereocenters. The number of hydrogen-bond donors (Lipinski definition) is 1. The summed E-state index contributed by atoms with van der Waals surface area (Å²) in [5.41, 5.74) is 1.74. The molecule has 1 saturated heterocycles. The van der Waals surface area contributed by atoms with Crippen LogP contribution in [-0.4, -0.2) is 35.0 Å². The van der Waals surface area contributed by atoms with Crippen LogP contribution in [0.4, 0.5) is 11.4 Å². The van der Waals surface area contributed by atoms with Gasteiger partial charge in [0.05, 0.1) is 4.92 Å². The van der Waals surface area contributed by atoms with E-state index in [9.17, 15) is 10.1 Å². The van der Waals surface area contributed by atoms with Crippen LogP contribution in [0.2, 0.25) is 0 Å². The molecule has 21 heavy (non-hydrogen) atoms. The Labute approximate surface area is 126 Å². The van der Waals surface area contributed by atoms with Gasteiger partial charge in [0.25, 0.3) is 5.69 Å². The molecule has 0 amide bonds. The molecule has 1 aliphatic heterocycles. The maximum absolute atomic E-state index is 11.2. The number of nitro benzene ring substituents is 1. The first-order valence-electron chi connectivity index (χ1n) is 7.73. The number of hydrogen-bond acceptors (Lipinski definition) is 4. The van der Waals surface area contributed by atoms with Crippen LogP contribution in [0.15, 0.2) is 18.2 Å². The third kappa shape index (κ3) is 4.17. The number of aryl methyl sites for hydroxylation is 1. The Morgan fingerprint density at radius 1 is 1.33 bits per heavy atom. The lowest BCUT2D eigenvalue weighted by Crippen LogP contribution is -2.32. The first-order chi connectivity index (χ1) is 9.97. The van der Waals surface area contributed by atoms with E-state index in [1.165, 1.54) is 0 Å². The summed E-state index contributed by atoms with van der Waals surface area (Å²) in [6, 6.07) is 6.28. The monoisotopic (exact) mass is 291 g/mol. The minimum atomic E-state index is -0.299. The summed E-state index contributed by atoms with van der Waals surface area (Å²) < 4.78 is 0. The van der Waals surface area contributed by atoms with Crippen LogP contribution in [0.5, 0.6) is 0 Å². The Morgan fingerprint density at radius 2 is 2.10 bits per heavy atom. The Morgan fingerprint density at radius 3 is 2.76 bits per heavy atom. The summed E-state index contributed by atoms with van der Waals surface area (Å²) in [5.74, 6) is 0. The highest BCUT2D eigenvalue weighted by Crippen LogP contribution is 2.27. The molecule has 5 nitrogen and oxygen atoms in total. The molecular weight excluding hydrogens is 266 g/mol. The van der Waals surface area contributed by atoms with Gasteiger partial charge in [-0.2, -0.15) is 0 Å². The third-order valence-corrected chi connectivity index (χ3v) is 4.20. The molecule has 0 saturated carbocycles. The molecule has 116 valence electrons. The lowest BCUT2D eigenvalue weighted by molar-refractivity contribution is -0.384. The van der Waals surface area contributed by atoms with Crippen LogP contribution < -0.4 is 5.32 Å². The molecule has 2 rings (SSSR count). The maximum atomic E-state index is 11.2. The lowest BCUT2D eigenvalue weighted by Gasteiger charge is -2.24. The minimum Gasteiger partial charge on any atom is -0.377 e. The summed E-state index contributed by atoms with van der Waals surface area (Å²) in [6.07, 6.45) is 3.23. The molecule has 1 fully saturated rings. The zero-order valence-corrected chi connectivity index (χ0v) is 13.1. The third-order valence-electron chi connectivity index (χ3n) is 4.20. The minimum absolute atomic E-state index is 0.181. The fraction of sp³-hybridized carbons (Fsp3) is 0.625. The molecular formula is C16H25N3O2. The number of nitrogens with one attached hydrogen (secondary N) is 1. The van der Waals surface area contributed by atoms with Crippen LogP contribution in [0, 0.1) is 17.0 Å².